The van der Waals surface area contributed by atoms with Crippen LogP contribution in [-0.4, -0.2) is 10.9 Å². The van der Waals surface area contributed by atoms with Crippen LogP contribution in [0.3, 0.4) is 0 Å². The number of aryl methyl sites for hydroxylation is 3. The van der Waals surface area contributed by atoms with Gasteiger partial charge in [0.05, 0.1) is 16.8 Å². The van der Waals surface area contributed by atoms with Crippen molar-refractivity contribution in [2.24, 2.45) is 0 Å². The maximum absolute atomic E-state index is 13.2. The molecule has 1 amide bonds. The van der Waals surface area contributed by atoms with E-state index in [1.165, 1.54) is 12.1 Å². The molecule has 23 heavy (non-hydrogen) atoms. The average molecular weight is 308 g/mol. The maximum atomic E-state index is 13.2. The van der Waals surface area contributed by atoms with Crippen LogP contribution in [0.4, 0.5) is 10.1 Å². The second-order valence-electron chi connectivity index (χ2n) is 5.63. The molecule has 0 aliphatic heterocycles. The molecular weight excluding hydrogens is 291 g/mol. The summed E-state index contributed by atoms with van der Waals surface area (Å²) in [4.78, 5) is 17.2. The van der Waals surface area contributed by atoms with Crippen molar-refractivity contribution in [3.05, 3.63) is 70.7 Å². The van der Waals surface area contributed by atoms with Gasteiger partial charge in [-0.05, 0) is 56.2 Å². The van der Waals surface area contributed by atoms with Gasteiger partial charge in [-0.1, -0.05) is 18.2 Å². The number of para-hydroxylation sites is 1. The number of carbonyl (C=O) groups is 1. The molecule has 1 N–H and O–H groups in total. The van der Waals surface area contributed by atoms with Crippen molar-refractivity contribution in [1.82, 2.24) is 4.98 Å². The number of hydrogen-bond donors (Lipinski definition) is 1. The quantitative estimate of drug-likeness (QED) is 0.754. The smallest absolute Gasteiger partial charge is 0.257 e. The average Bonchev–Trinajstić information content (AvgIpc) is 2.50. The number of benzene rings is 2. The summed E-state index contributed by atoms with van der Waals surface area (Å²) in [7, 11) is 0. The Balaban J connectivity index is 2.04. The van der Waals surface area contributed by atoms with Gasteiger partial charge in [0.15, 0.2) is 0 Å². The SMILES string of the molecule is Cc1cc(F)ccc1NC(=O)c1c(C)nc2ccccc2c1C. The zero-order valence-corrected chi connectivity index (χ0v) is 13.3. The van der Waals surface area contributed by atoms with Crippen LogP contribution in [0.1, 0.15) is 27.2 Å². The zero-order chi connectivity index (χ0) is 16.6. The van der Waals surface area contributed by atoms with E-state index in [1.807, 2.05) is 38.1 Å². The predicted octanol–water partition coefficient (Wildman–Crippen LogP) is 4.55. The van der Waals surface area contributed by atoms with Crippen molar-refractivity contribution in [1.29, 1.82) is 0 Å². The van der Waals surface area contributed by atoms with E-state index in [0.717, 1.165) is 16.5 Å². The van der Waals surface area contributed by atoms with Crippen LogP contribution in [0.2, 0.25) is 0 Å². The van der Waals surface area contributed by atoms with Crippen LogP contribution >= 0.6 is 0 Å². The fraction of sp³-hybridized carbons (Fsp3) is 0.158. The highest BCUT2D eigenvalue weighted by molar-refractivity contribution is 6.08. The first-order valence-corrected chi connectivity index (χ1v) is 7.41. The first-order chi connectivity index (χ1) is 11.0. The number of fused-ring (bicyclic) bond motifs is 1. The van der Waals surface area contributed by atoms with Gasteiger partial charge in [0.25, 0.3) is 5.91 Å². The molecular formula is C19H17FN2O. The van der Waals surface area contributed by atoms with Crippen LogP contribution in [0, 0.1) is 26.6 Å². The number of hydrogen-bond acceptors (Lipinski definition) is 2. The minimum atomic E-state index is -0.319. The number of aromatic nitrogens is 1. The molecule has 0 saturated heterocycles. The van der Waals surface area contributed by atoms with Crippen molar-refractivity contribution in [3.8, 4) is 0 Å². The summed E-state index contributed by atoms with van der Waals surface area (Å²) in [6.45, 7) is 5.51. The summed E-state index contributed by atoms with van der Waals surface area (Å²) in [5.74, 6) is -0.548. The number of nitrogens with one attached hydrogen (secondary N) is 1. The van der Waals surface area contributed by atoms with E-state index >= 15 is 0 Å². The molecule has 4 heteroatoms. The Labute approximate surface area is 134 Å². The highest BCUT2D eigenvalue weighted by Crippen LogP contribution is 2.24. The molecule has 1 heterocycles. The monoisotopic (exact) mass is 308 g/mol. The first kappa shape index (κ1) is 15.2. The van der Waals surface area contributed by atoms with Gasteiger partial charge in [0.2, 0.25) is 0 Å². The van der Waals surface area contributed by atoms with Crippen molar-refractivity contribution in [2.45, 2.75) is 20.8 Å². The third-order valence-electron chi connectivity index (χ3n) is 4.00. The van der Waals surface area contributed by atoms with Gasteiger partial charge in [-0.15, -0.1) is 0 Å². The normalized spacial score (nSPS) is 10.8. The van der Waals surface area contributed by atoms with Gasteiger partial charge in [-0.3, -0.25) is 9.78 Å². The number of nitrogens with zero attached hydrogens (tertiary/aromatic N) is 1. The molecule has 0 unspecified atom stereocenters. The second-order valence-corrected chi connectivity index (χ2v) is 5.63. The Hall–Kier alpha value is -2.75. The molecule has 3 aromatic rings. The summed E-state index contributed by atoms with van der Waals surface area (Å²) < 4.78 is 13.2. The predicted molar refractivity (Wildman–Crippen MR) is 90.3 cm³/mol. The summed E-state index contributed by atoms with van der Waals surface area (Å²) in [5, 5.41) is 3.81. The molecule has 0 aliphatic rings. The molecule has 0 saturated carbocycles. The van der Waals surface area contributed by atoms with E-state index in [2.05, 4.69) is 10.3 Å². The van der Waals surface area contributed by atoms with Gasteiger partial charge in [0.1, 0.15) is 5.82 Å². The van der Waals surface area contributed by atoms with E-state index in [1.54, 1.807) is 13.0 Å². The third-order valence-corrected chi connectivity index (χ3v) is 4.00. The Morgan fingerprint density at radius 2 is 1.83 bits per heavy atom. The largest absolute Gasteiger partial charge is 0.322 e. The highest BCUT2D eigenvalue weighted by Gasteiger charge is 2.17. The van der Waals surface area contributed by atoms with Crippen LogP contribution in [-0.2, 0) is 0 Å². The molecule has 0 radical (unpaired) electrons. The van der Waals surface area contributed by atoms with E-state index in [4.69, 9.17) is 0 Å². The van der Waals surface area contributed by atoms with Crippen molar-refractivity contribution in [2.75, 3.05) is 5.32 Å². The molecule has 0 spiro atoms. The molecule has 0 atom stereocenters. The van der Waals surface area contributed by atoms with Crippen LogP contribution in [0.25, 0.3) is 10.9 Å². The first-order valence-electron chi connectivity index (χ1n) is 7.41. The lowest BCUT2D eigenvalue weighted by atomic mass is 10.0. The van der Waals surface area contributed by atoms with Crippen molar-refractivity contribution in [3.63, 3.8) is 0 Å². The van der Waals surface area contributed by atoms with E-state index < -0.39 is 0 Å². The summed E-state index contributed by atoms with van der Waals surface area (Å²) in [6, 6.07) is 12.0. The second kappa shape index (κ2) is 5.80. The topological polar surface area (TPSA) is 42.0 Å². The Kier molecular flexibility index (Phi) is 3.82. The summed E-state index contributed by atoms with van der Waals surface area (Å²) in [5.41, 5.74) is 4.29. The van der Waals surface area contributed by atoms with Gasteiger partial charge in [-0.25, -0.2) is 4.39 Å². The number of rotatable bonds is 2. The number of carbonyl (C=O) groups excluding carboxylic acids is 1. The summed E-state index contributed by atoms with van der Waals surface area (Å²) >= 11 is 0. The van der Waals surface area contributed by atoms with Crippen LogP contribution in [0.15, 0.2) is 42.5 Å². The third kappa shape index (κ3) is 2.80. The molecule has 3 nitrogen and oxygen atoms in total. The number of pyridine rings is 1. The van der Waals surface area contributed by atoms with Crippen LogP contribution in [0.5, 0.6) is 0 Å². The molecule has 0 fully saturated rings. The number of halogens is 1. The van der Waals surface area contributed by atoms with Gasteiger partial charge >= 0.3 is 0 Å². The van der Waals surface area contributed by atoms with Gasteiger partial charge in [0, 0.05) is 11.1 Å². The lowest BCUT2D eigenvalue weighted by Gasteiger charge is -2.14. The van der Waals surface area contributed by atoms with Gasteiger partial charge < -0.3 is 5.32 Å². The Bertz CT molecular complexity index is 919. The number of amides is 1. The van der Waals surface area contributed by atoms with E-state index in [0.29, 0.717) is 22.5 Å². The molecule has 0 bridgehead atoms. The molecule has 1 aromatic heterocycles. The highest BCUT2D eigenvalue weighted by atomic mass is 19.1. The minimum absolute atomic E-state index is 0.229. The lowest BCUT2D eigenvalue weighted by molar-refractivity contribution is 0.102. The van der Waals surface area contributed by atoms with Crippen molar-refractivity contribution < 1.29 is 9.18 Å². The van der Waals surface area contributed by atoms with Gasteiger partial charge in [-0.2, -0.15) is 0 Å². The fourth-order valence-electron chi connectivity index (χ4n) is 2.82. The van der Waals surface area contributed by atoms with E-state index in [9.17, 15) is 9.18 Å². The number of anilines is 1. The Morgan fingerprint density at radius 3 is 2.57 bits per heavy atom. The maximum Gasteiger partial charge on any atom is 0.257 e. The van der Waals surface area contributed by atoms with Crippen molar-refractivity contribution >= 4 is 22.5 Å². The zero-order valence-electron chi connectivity index (χ0n) is 13.3. The standard InChI is InChI=1S/C19H17FN2O/c1-11-10-14(20)8-9-16(11)22-19(23)18-12(2)15-6-4-5-7-17(15)21-13(18)3/h4-10H,1-3H3,(H,22,23). The Morgan fingerprint density at radius 1 is 1.09 bits per heavy atom. The minimum Gasteiger partial charge on any atom is -0.322 e. The molecule has 0 aliphatic carbocycles. The van der Waals surface area contributed by atoms with Crippen LogP contribution < -0.4 is 5.32 Å². The molecule has 3 rings (SSSR count). The summed E-state index contributed by atoms with van der Waals surface area (Å²) in [6.07, 6.45) is 0. The molecule has 116 valence electrons. The molecule has 2 aromatic carbocycles. The lowest BCUT2D eigenvalue weighted by Crippen LogP contribution is -2.17. The van der Waals surface area contributed by atoms with E-state index in [-0.39, 0.29) is 11.7 Å². The fourth-order valence-corrected chi connectivity index (χ4v) is 2.82.